The highest BCUT2D eigenvalue weighted by atomic mass is 32.2. The van der Waals surface area contributed by atoms with Gasteiger partial charge in [0, 0.05) is 6.54 Å². The van der Waals surface area contributed by atoms with Crippen LogP contribution in [0, 0.1) is 0 Å². The van der Waals surface area contributed by atoms with Crippen LogP contribution in [0.5, 0.6) is 0 Å². The van der Waals surface area contributed by atoms with E-state index in [1.807, 2.05) is 6.07 Å². The van der Waals surface area contributed by atoms with Crippen molar-refractivity contribution in [2.75, 3.05) is 6.54 Å². The molecule has 0 bridgehead atoms. The van der Waals surface area contributed by atoms with Crippen LogP contribution < -0.4 is 4.72 Å². The molecule has 92 valence electrons. The monoisotopic (exact) mass is 251 g/mol. The Morgan fingerprint density at radius 1 is 1.35 bits per heavy atom. The number of benzene rings is 1. The number of sulfonamides is 1. The molecule has 17 heavy (non-hydrogen) atoms. The van der Waals surface area contributed by atoms with Gasteiger partial charge >= 0.3 is 0 Å². The van der Waals surface area contributed by atoms with Crippen molar-refractivity contribution >= 4 is 10.0 Å². The zero-order valence-corrected chi connectivity index (χ0v) is 10.8. The minimum atomic E-state index is -3.39. The summed E-state index contributed by atoms with van der Waals surface area (Å²) >= 11 is 0. The Bertz CT molecular complexity index is 547. The van der Waals surface area contributed by atoms with Crippen LogP contribution in [-0.4, -0.2) is 15.0 Å². The first-order valence-corrected chi connectivity index (χ1v) is 7.23. The van der Waals surface area contributed by atoms with Gasteiger partial charge in [-0.15, -0.1) is 0 Å². The summed E-state index contributed by atoms with van der Waals surface area (Å²) in [5, 5.41) is 0. The molecule has 0 saturated heterocycles. The molecule has 0 unspecified atom stereocenters. The first-order valence-electron chi connectivity index (χ1n) is 5.75. The van der Waals surface area contributed by atoms with Gasteiger partial charge in [-0.25, -0.2) is 13.1 Å². The predicted octanol–water partition coefficient (Wildman–Crippen LogP) is 2.03. The lowest BCUT2D eigenvalue weighted by Crippen LogP contribution is -2.25. The largest absolute Gasteiger partial charge is 0.240 e. The maximum atomic E-state index is 12.0. The van der Waals surface area contributed by atoms with Crippen molar-refractivity contribution in [3.63, 3.8) is 0 Å². The van der Waals surface area contributed by atoms with Crippen LogP contribution in [0.1, 0.15) is 24.5 Å². The van der Waals surface area contributed by atoms with Crippen molar-refractivity contribution < 1.29 is 8.42 Å². The molecule has 1 aliphatic rings. The fourth-order valence-corrected chi connectivity index (χ4v) is 3.16. The van der Waals surface area contributed by atoms with Gasteiger partial charge in [-0.3, -0.25) is 0 Å². The molecule has 1 aromatic rings. The van der Waals surface area contributed by atoms with Crippen molar-refractivity contribution in [3.8, 4) is 0 Å². The molecule has 1 aliphatic carbocycles. The van der Waals surface area contributed by atoms with Gasteiger partial charge in [0.25, 0.3) is 0 Å². The molecule has 0 radical (unpaired) electrons. The van der Waals surface area contributed by atoms with E-state index in [2.05, 4.69) is 11.3 Å². The van der Waals surface area contributed by atoms with Crippen molar-refractivity contribution in [1.29, 1.82) is 0 Å². The van der Waals surface area contributed by atoms with Crippen molar-refractivity contribution in [3.05, 3.63) is 41.5 Å². The molecule has 2 rings (SSSR count). The topological polar surface area (TPSA) is 46.2 Å². The van der Waals surface area contributed by atoms with Gasteiger partial charge in [-0.1, -0.05) is 18.2 Å². The lowest BCUT2D eigenvalue weighted by Gasteiger charge is -2.08. The summed E-state index contributed by atoms with van der Waals surface area (Å²) < 4.78 is 26.5. The Hall–Kier alpha value is -1.13. The summed E-state index contributed by atoms with van der Waals surface area (Å²) in [6.45, 7) is 5.77. The number of nitrogens with one attached hydrogen (secondary N) is 1. The highest BCUT2D eigenvalue weighted by Crippen LogP contribution is 2.24. The van der Waals surface area contributed by atoms with E-state index in [0.717, 1.165) is 24.8 Å². The van der Waals surface area contributed by atoms with Gasteiger partial charge in [-0.2, -0.15) is 0 Å². The molecule has 4 heteroatoms. The van der Waals surface area contributed by atoms with Crippen LogP contribution in [0.2, 0.25) is 0 Å². The summed E-state index contributed by atoms with van der Waals surface area (Å²) in [7, 11) is -3.39. The normalized spacial score (nSPS) is 14.6. The molecule has 1 aromatic carbocycles. The van der Waals surface area contributed by atoms with Gasteiger partial charge in [0.15, 0.2) is 0 Å². The van der Waals surface area contributed by atoms with Gasteiger partial charge in [0.05, 0.1) is 4.90 Å². The minimum Gasteiger partial charge on any atom is -0.207 e. The molecule has 0 aromatic heterocycles. The molecule has 0 saturated carbocycles. The number of rotatable bonds is 4. The SMILES string of the molecule is C=C(C)CNS(=O)(=O)c1ccc2c(c1)CCC2. The maximum absolute atomic E-state index is 12.0. The smallest absolute Gasteiger partial charge is 0.207 e. The summed E-state index contributed by atoms with van der Waals surface area (Å²) in [5.41, 5.74) is 3.25. The molecule has 0 heterocycles. The highest BCUT2D eigenvalue weighted by Gasteiger charge is 2.17. The van der Waals surface area contributed by atoms with E-state index in [1.165, 1.54) is 11.1 Å². The summed E-state index contributed by atoms with van der Waals surface area (Å²) in [6.07, 6.45) is 3.17. The van der Waals surface area contributed by atoms with E-state index in [-0.39, 0.29) is 0 Å². The Balaban J connectivity index is 2.24. The maximum Gasteiger partial charge on any atom is 0.240 e. The summed E-state index contributed by atoms with van der Waals surface area (Å²) in [5.74, 6) is 0. The molecule has 0 amide bonds. The van der Waals surface area contributed by atoms with Gasteiger partial charge in [-0.05, 0) is 49.4 Å². The second kappa shape index (κ2) is 4.63. The van der Waals surface area contributed by atoms with Gasteiger partial charge < -0.3 is 0 Å². The van der Waals surface area contributed by atoms with E-state index in [1.54, 1.807) is 19.1 Å². The van der Waals surface area contributed by atoms with E-state index >= 15 is 0 Å². The van der Waals surface area contributed by atoms with Crippen LogP contribution in [-0.2, 0) is 22.9 Å². The van der Waals surface area contributed by atoms with Crippen LogP contribution in [0.4, 0.5) is 0 Å². The Morgan fingerprint density at radius 3 is 2.76 bits per heavy atom. The molecule has 0 fully saturated rings. The fraction of sp³-hybridized carbons (Fsp3) is 0.385. The lowest BCUT2D eigenvalue weighted by atomic mass is 10.1. The van der Waals surface area contributed by atoms with E-state index in [0.29, 0.717) is 11.4 Å². The Kier molecular flexibility index (Phi) is 3.35. The second-order valence-corrected chi connectivity index (χ2v) is 6.33. The average molecular weight is 251 g/mol. The number of fused-ring (bicyclic) bond motifs is 1. The van der Waals surface area contributed by atoms with Crippen LogP contribution >= 0.6 is 0 Å². The van der Waals surface area contributed by atoms with E-state index in [9.17, 15) is 8.42 Å². The summed E-state index contributed by atoms with van der Waals surface area (Å²) in [6, 6.07) is 5.41. The third-order valence-corrected chi connectivity index (χ3v) is 4.34. The molecule has 3 nitrogen and oxygen atoms in total. The standard InChI is InChI=1S/C13H17NO2S/c1-10(2)9-14-17(15,16)13-7-6-11-4-3-5-12(11)8-13/h6-8,14H,1,3-5,9H2,2H3. The first kappa shape index (κ1) is 12.3. The minimum absolute atomic E-state index is 0.291. The van der Waals surface area contributed by atoms with E-state index in [4.69, 9.17) is 0 Å². The predicted molar refractivity (Wildman–Crippen MR) is 68.5 cm³/mol. The fourth-order valence-electron chi connectivity index (χ4n) is 2.02. The number of hydrogen-bond acceptors (Lipinski definition) is 2. The number of hydrogen-bond donors (Lipinski definition) is 1. The molecular formula is C13H17NO2S. The zero-order valence-electron chi connectivity index (χ0n) is 9.99. The Morgan fingerprint density at radius 2 is 2.06 bits per heavy atom. The van der Waals surface area contributed by atoms with Crippen LogP contribution in [0.15, 0.2) is 35.2 Å². The second-order valence-electron chi connectivity index (χ2n) is 4.57. The highest BCUT2D eigenvalue weighted by molar-refractivity contribution is 7.89. The lowest BCUT2D eigenvalue weighted by molar-refractivity contribution is 0.584. The van der Waals surface area contributed by atoms with E-state index < -0.39 is 10.0 Å². The average Bonchev–Trinajstić information content (AvgIpc) is 2.73. The molecule has 0 aliphatic heterocycles. The third-order valence-electron chi connectivity index (χ3n) is 2.94. The van der Waals surface area contributed by atoms with Crippen molar-refractivity contribution in [2.24, 2.45) is 0 Å². The van der Waals surface area contributed by atoms with Crippen molar-refractivity contribution in [1.82, 2.24) is 4.72 Å². The van der Waals surface area contributed by atoms with Crippen molar-refractivity contribution in [2.45, 2.75) is 31.1 Å². The quantitative estimate of drug-likeness (QED) is 0.832. The molecule has 0 atom stereocenters. The Labute approximate surface area is 103 Å². The zero-order chi connectivity index (χ0) is 12.5. The summed E-state index contributed by atoms with van der Waals surface area (Å²) in [4.78, 5) is 0.361. The van der Waals surface area contributed by atoms with Crippen LogP contribution in [0.25, 0.3) is 0 Å². The third kappa shape index (κ3) is 2.76. The molecular weight excluding hydrogens is 234 g/mol. The van der Waals surface area contributed by atoms with Crippen LogP contribution in [0.3, 0.4) is 0 Å². The first-order chi connectivity index (χ1) is 7.99. The van der Waals surface area contributed by atoms with Gasteiger partial charge in [0.2, 0.25) is 10.0 Å². The molecule has 1 N–H and O–H groups in total. The molecule has 0 spiro atoms. The van der Waals surface area contributed by atoms with Gasteiger partial charge in [0.1, 0.15) is 0 Å². The number of aryl methyl sites for hydroxylation is 2.